The van der Waals surface area contributed by atoms with Gasteiger partial charge in [0.2, 0.25) is 5.13 Å². The molecule has 1 amide bonds. The number of halogens is 3. The van der Waals surface area contributed by atoms with Gasteiger partial charge in [0.1, 0.15) is 0 Å². The molecule has 1 heterocycles. The Morgan fingerprint density at radius 2 is 1.97 bits per heavy atom. The van der Waals surface area contributed by atoms with Gasteiger partial charge in [-0.05, 0) is 48.9 Å². The summed E-state index contributed by atoms with van der Waals surface area (Å²) in [6, 6.07) is 9.17. The molecule has 9 nitrogen and oxygen atoms in total. The van der Waals surface area contributed by atoms with Gasteiger partial charge < -0.3 is 19.5 Å². The van der Waals surface area contributed by atoms with Gasteiger partial charge in [0, 0.05) is 11.1 Å². The molecule has 0 saturated heterocycles. The molecule has 2 N–H and O–H groups in total. The second kappa shape index (κ2) is 12.7. The number of carbonyl (C=O) groups is 2. The summed E-state index contributed by atoms with van der Waals surface area (Å²) < 4.78 is 54.2. The van der Waals surface area contributed by atoms with Crippen molar-refractivity contribution in [3.05, 3.63) is 64.7 Å². The van der Waals surface area contributed by atoms with Crippen LogP contribution in [0.1, 0.15) is 23.7 Å². The quantitative estimate of drug-likeness (QED) is 0.207. The van der Waals surface area contributed by atoms with Crippen LogP contribution in [0.15, 0.2) is 52.9 Å². The van der Waals surface area contributed by atoms with Gasteiger partial charge in [-0.3, -0.25) is 15.0 Å². The second-order valence-corrected chi connectivity index (χ2v) is 8.18. The van der Waals surface area contributed by atoms with Gasteiger partial charge in [0.15, 0.2) is 18.1 Å². The minimum absolute atomic E-state index is 0.00249. The molecule has 0 aliphatic heterocycles. The van der Waals surface area contributed by atoms with Crippen LogP contribution in [0.4, 0.5) is 24.0 Å². The Hall–Kier alpha value is -4.13. The van der Waals surface area contributed by atoms with Crippen LogP contribution in [0.2, 0.25) is 0 Å². The number of benzene rings is 2. The van der Waals surface area contributed by atoms with E-state index in [0.29, 0.717) is 28.7 Å². The van der Waals surface area contributed by atoms with Crippen molar-refractivity contribution in [1.29, 1.82) is 0 Å². The van der Waals surface area contributed by atoms with Crippen molar-refractivity contribution < 1.29 is 37.0 Å². The maximum absolute atomic E-state index is 12.8. The summed E-state index contributed by atoms with van der Waals surface area (Å²) in [5.74, 6) is -0.412. The summed E-state index contributed by atoms with van der Waals surface area (Å²) in [5, 5.41) is 8.70. The van der Waals surface area contributed by atoms with Crippen molar-refractivity contribution in [3.63, 3.8) is 0 Å². The summed E-state index contributed by atoms with van der Waals surface area (Å²) in [4.78, 5) is 27.9. The lowest BCUT2D eigenvalue weighted by Gasteiger charge is -2.12. The number of hydrazone groups is 1. The Morgan fingerprint density at radius 3 is 2.70 bits per heavy atom. The lowest BCUT2D eigenvalue weighted by Crippen LogP contribution is -2.20. The zero-order valence-corrected chi connectivity index (χ0v) is 20.6. The number of hydrogen-bond donors (Lipinski definition) is 2. The summed E-state index contributed by atoms with van der Waals surface area (Å²) in [7, 11) is 1.42. The molecular weight excluding hydrogens is 513 g/mol. The molecule has 0 radical (unpaired) electrons. The monoisotopic (exact) mass is 536 g/mol. The van der Waals surface area contributed by atoms with Crippen molar-refractivity contribution in [1.82, 2.24) is 4.98 Å². The van der Waals surface area contributed by atoms with Crippen LogP contribution in [0.5, 0.6) is 11.5 Å². The Balaban J connectivity index is 1.54. The average Bonchev–Trinajstić information content (AvgIpc) is 3.29. The van der Waals surface area contributed by atoms with Crippen molar-refractivity contribution in [2.45, 2.75) is 19.5 Å². The largest absolute Gasteiger partial charge is 0.493 e. The van der Waals surface area contributed by atoms with E-state index in [2.05, 4.69) is 20.8 Å². The Bertz CT molecular complexity index is 1260. The molecule has 0 aliphatic rings. The van der Waals surface area contributed by atoms with Gasteiger partial charge in [0.25, 0.3) is 5.91 Å². The molecule has 0 unspecified atom stereocenters. The first-order valence-electron chi connectivity index (χ1n) is 10.8. The van der Waals surface area contributed by atoms with E-state index in [1.54, 1.807) is 30.5 Å². The van der Waals surface area contributed by atoms with E-state index < -0.39 is 24.3 Å². The fourth-order valence-corrected chi connectivity index (χ4v) is 3.62. The summed E-state index contributed by atoms with van der Waals surface area (Å²) in [5.41, 5.74) is 3.13. The number of thiazole rings is 1. The van der Waals surface area contributed by atoms with Gasteiger partial charge in [-0.2, -0.15) is 18.3 Å². The number of rotatable bonds is 11. The zero-order chi connectivity index (χ0) is 26.8. The number of anilines is 2. The van der Waals surface area contributed by atoms with E-state index in [9.17, 15) is 22.8 Å². The van der Waals surface area contributed by atoms with E-state index in [0.717, 1.165) is 12.1 Å². The SMILES string of the molecule is CCOC(=O)Cc1csc(NN=Cc2ccc(OCC(=O)Nc3cccc(C(F)(F)F)c3)c(OC)c2)n1. The van der Waals surface area contributed by atoms with Crippen LogP contribution >= 0.6 is 11.3 Å². The molecule has 0 aliphatic carbocycles. The first kappa shape index (κ1) is 27.5. The molecule has 3 rings (SSSR count). The van der Waals surface area contributed by atoms with E-state index in [4.69, 9.17) is 14.2 Å². The van der Waals surface area contributed by atoms with Crippen LogP contribution < -0.4 is 20.2 Å². The van der Waals surface area contributed by atoms with Crippen LogP contribution in [0.25, 0.3) is 0 Å². The Kier molecular flexibility index (Phi) is 9.44. The highest BCUT2D eigenvalue weighted by molar-refractivity contribution is 7.13. The van der Waals surface area contributed by atoms with Gasteiger partial charge >= 0.3 is 12.1 Å². The number of amides is 1. The van der Waals surface area contributed by atoms with E-state index in [1.165, 1.54) is 36.8 Å². The molecule has 1 aromatic heterocycles. The molecule has 0 saturated carbocycles. The third-order valence-electron chi connectivity index (χ3n) is 4.58. The first-order chi connectivity index (χ1) is 17.7. The number of hydrogen-bond acceptors (Lipinski definition) is 9. The number of nitrogens with zero attached hydrogens (tertiary/aromatic N) is 2. The van der Waals surface area contributed by atoms with Gasteiger partial charge in [-0.1, -0.05) is 6.07 Å². The van der Waals surface area contributed by atoms with Crippen LogP contribution in [-0.2, 0) is 26.9 Å². The summed E-state index contributed by atoms with van der Waals surface area (Å²) in [6.45, 7) is 1.59. The highest BCUT2D eigenvalue weighted by Gasteiger charge is 2.30. The number of alkyl halides is 3. The number of methoxy groups -OCH3 is 1. The zero-order valence-electron chi connectivity index (χ0n) is 19.8. The normalized spacial score (nSPS) is 11.3. The highest BCUT2D eigenvalue weighted by Crippen LogP contribution is 2.31. The van der Waals surface area contributed by atoms with E-state index in [1.807, 2.05) is 0 Å². The number of ether oxygens (including phenoxy) is 3. The van der Waals surface area contributed by atoms with Crippen molar-refractivity contribution in [2.24, 2.45) is 5.10 Å². The van der Waals surface area contributed by atoms with Gasteiger partial charge in [-0.25, -0.2) is 4.98 Å². The minimum atomic E-state index is -4.52. The Labute approximate surface area is 214 Å². The van der Waals surface area contributed by atoms with Crippen molar-refractivity contribution >= 4 is 40.2 Å². The van der Waals surface area contributed by atoms with Crippen LogP contribution in [0.3, 0.4) is 0 Å². The summed E-state index contributed by atoms with van der Waals surface area (Å²) in [6.07, 6.45) is -2.93. The third kappa shape index (κ3) is 8.49. The van der Waals surface area contributed by atoms with E-state index >= 15 is 0 Å². The Morgan fingerprint density at radius 1 is 1.16 bits per heavy atom. The van der Waals surface area contributed by atoms with E-state index in [-0.39, 0.29) is 23.8 Å². The highest BCUT2D eigenvalue weighted by atomic mass is 32.1. The maximum Gasteiger partial charge on any atom is 0.416 e. The third-order valence-corrected chi connectivity index (χ3v) is 5.37. The second-order valence-electron chi connectivity index (χ2n) is 7.32. The lowest BCUT2D eigenvalue weighted by atomic mass is 10.2. The maximum atomic E-state index is 12.8. The number of carbonyl (C=O) groups excluding carboxylic acids is 2. The predicted octanol–water partition coefficient (Wildman–Crippen LogP) is 4.74. The number of esters is 1. The molecule has 3 aromatic rings. The first-order valence-corrected chi connectivity index (χ1v) is 11.7. The molecule has 37 heavy (non-hydrogen) atoms. The van der Waals surface area contributed by atoms with Crippen molar-refractivity contribution in [3.8, 4) is 11.5 Å². The van der Waals surface area contributed by atoms with Crippen LogP contribution in [-0.4, -0.2) is 43.4 Å². The molecule has 0 spiro atoms. The topological polar surface area (TPSA) is 111 Å². The fraction of sp³-hybridized carbons (Fsp3) is 0.250. The minimum Gasteiger partial charge on any atom is -0.493 e. The molecule has 2 aromatic carbocycles. The average molecular weight is 537 g/mol. The smallest absolute Gasteiger partial charge is 0.416 e. The van der Waals surface area contributed by atoms with Crippen molar-refractivity contribution in [2.75, 3.05) is 31.1 Å². The number of nitrogens with one attached hydrogen (secondary N) is 2. The standard InChI is InChI=1S/C24H23F3N4O5S/c1-3-35-22(33)11-18-14-37-23(30-18)31-28-12-15-7-8-19(20(9-15)34-2)36-13-21(32)29-17-6-4-5-16(10-17)24(25,26)27/h4-10,12,14H,3,11,13H2,1-2H3,(H,29,32)(H,30,31). The molecule has 196 valence electrons. The predicted molar refractivity (Wildman–Crippen MR) is 132 cm³/mol. The van der Waals surface area contributed by atoms with Crippen LogP contribution in [0, 0.1) is 0 Å². The molecule has 13 heteroatoms. The summed E-state index contributed by atoms with van der Waals surface area (Å²) >= 11 is 1.28. The lowest BCUT2D eigenvalue weighted by molar-refractivity contribution is -0.142. The molecular formula is C24H23F3N4O5S. The number of aromatic nitrogens is 1. The van der Waals surface area contributed by atoms with Gasteiger partial charge in [-0.15, -0.1) is 11.3 Å². The van der Waals surface area contributed by atoms with Gasteiger partial charge in [0.05, 0.1) is 37.6 Å². The molecule has 0 atom stereocenters. The fourth-order valence-electron chi connectivity index (χ4n) is 2.96. The molecule has 0 bridgehead atoms. The molecule has 0 fully saturated rings.